The van der Waals surface area contributed by atoms with Crippen LogP contribution in [0.25, 0.3) is 22.4 Å². The molecule has 3 heterocycles. The molecule has 4 rings (SSSR count). The number of aryl methyl sites for hydroxylation is 1. The molecule has 0 spiro atoms. The molecule has 0 unspecified atom stereocenters. The average Bonchev–Trinajstić information content (AvgIpc) is 3.28. The number of aromatic amines is 1. The standard InChI is InChI=1S/C20H22BrN5O/c1-13-10-18(22-6-9-26-7-2-3-8-26)25-20(23-13)19-16(12-27)15-5-4-14(21)11-17(15)24-19/h4-5,10-12,24H,2-3,6-9H2,1H3,(H,22,23,25). The van der Waals surface area contributed by atoms with Gasteiger partial charge in [0.2, 0.25) is 0 Å². The Morgan fingerprint density at radius 2 is 2.07 bits per heavy atom. The summed E-state index contributed by atoms with van der Waals surface area (Å²) in [4.78, 5) is 26.7. The zero-order valence-corrected chi connectivity index (χ0v) is 16.8. The summed E-state index contributed by atoms with van der Waals surface area (Å²) in [5.41, 5.74) is 2.99. The Balaban J connectivity index is 1.62. The number of carbonyl (C=O) groups is 1. The Kier molecular flexibility index (Phi) is 5.22. The number of likely N-dealkylation sites (tertiary alicyclic amines) is 1. The van der Waals surface area contributed by atoms with Crippen molar-refractivity contribution in [2.45, 2.75) is 19.8 Å². The molecule has 0 aliphatic carbocycles. The van der Waals surface area contributed by atoms with E-state index in [1.54, 1.807) is 0 Å². The predicted octanol–water partition coefficient (Wildman–Crippen LogP) is 4.02. The summed E-state index contributed by atoms with van der Waals surface area (Å²) in [6.07, 6.45) is 3.46. The van der Waals surface area contributed by atoms with E-state index in [0.29, 0.717) is 17.1 Å². The molecule has 7 heteroatoms. The van der Waals surface area contributed by atoms with E-state index in [0.717, 1.165) is 46.3 Å². The summed E-state index contributed by atoms with van der Waals surface area (Å²) in [7, 11) is 0. The van der Waals surface area contributed by atoms with Crippen LogP contribution in [-0.4, -0.2) is 52.3 Å². The Labute approximate surface area is 166 Å². The third-order valence-electron chi connectivity index (χ3n) is 4.93. The van der Waals surface area contributed by atoms with Gasteiger partial charge in [-0.2, -0.15) is 0 Å². The molecule has 2 aromatic heterocycles. The maximum absolute atomic E-state index is 11.7. The molecule has 1 aromatic carbocycles. The Morgan fingerprint density at radius 1 is 1.26 bits per heavy atom. The first-order valence-corrected chi connectivity index (χ1v) is 10.0. The van der Waals surface area contributed by atoms with Crippen LogP contribution in [0.2, 0.25) is 0 Å². The topological polar surface area (TPSA) is 73.9 Å². The van der Waals surface area contributed by atoms with E-state index in [4.69, 9.17) is 0 Å². The van der Waals surface area contributed by atoms with Gasteiger partial charge in [0, 0.05) is 40.2 Å². The third-order valence-corrected chi connectivity index (χ3v) is 5.42. The van der Waals surface area contributed by atoms with Crippen molar-refractivity contribution in [3.63, 3.8) is 0 Å². The molecule has 0 atom stereocenters. The van der Waals surface area contributed by atoms with E-state index in [2.05, 4.69) is 41.1 Å². The highest BCUT2D eigenvalue weighted by Crippen LogP contribution is 2.29. The van der Waals surface area contributed by atoms with Crippen molar-refractivity contribution in [1.82, 2.24) is 19.9 Å². The first-order chi connectivity index (χ1) is 13.1. The summed E-state index contributed by atoms with van der Waals surface area (Å²) in [6, 6.07) is 7.74. The quantitative estimate of drug-likeness (QED) is 0.581. The van der Waals surface area contributed by atoms with Crippen LogP contribution in [0.1, 0.15) is 28.9 Å². The molecule has 6 nitrogen and oxygen atoms in total. The number of H-pyrrole nitrogens is 1. The first-order valence-electron chi connectivity index (χ1n) is 9.23. The van der Waals surface area contributed by atoms with Crippen molar-refractivity contribution >= 4 is 38.9 Å². The van der Waals surface area contributed by atoms with Gasteiger partial charge < -0.3 is 15.2 Å². The molecule has 0 radical (unpaired) electrons. The number of aromatic nitrogens is 3. The van der Waals surface area contributed by atoms with Crippen molar-refractivity contribution in [3.05, 3.63) is 40.0 Å². The number of fused-ring (bicyclic) bond motifs is 1. The molecule has 140 valence electrons. The van der Waals surface area contributed by atoms with Gasteiger partial charge in [0.15, 0.2) is 12.1 Å². The van der Waals surface area contributed by atoms with E-state index in [1.165, 1.54) is 25.9 Å². The van der Waals surface area contributed by atoms with Crippen LogP contribution >= 0.6 is 15.9 Å². The van der Waals surface area contributed by atoms with Gasteiger partial charge in [-0.1, -0.05) is 22.0 Å². The van der Waals surface area contributed by atoms with Crippen molar-refractivity contribution in [2.24, 2.45) is 0 Å². The van der Waals surface area contributed by atoms with Gasteiger partial charge in [0.1, 0.15) is 5.82 Å². The number of hydrogen-bond donors (Lipinski definition) is 2. The second-order valence-electron chi connectivity index (χ2n) is 6.92. The number of carbonyl (C=O) groups excluding carboxylic acids is 1. The predicted molar refractivity (Wildman–Crippen MR) is 111 cm³/mol. The third kappa shape index (κ3) is 3.89. The number of hydrogen-bond acceptors (Lipinski definition) is 5. The fraction of sp³-hybridized carbons (Fsp3) is 0.350. The van der Waals surface area contributed by atoms with Crippen LogP contribution in [0.5, 0.6) is 0 Å². The number of aldehydes is 1. The van der Waals surface area contributed by atoms with Gasteiger partial charge >= 0.3 is 0 Å². The monoisotopic (exact) mass is 427 g/mol. The largest absolute Gasteiger partial charge is 0.369 e. The molecule has 0 bridgehead atoms. The summed E-state index contributed by atoms with van der Waals surface area (Å²) in [6.45, 7) is 6.16. The highest BCUT2D eigenvalue weighted by Gasteiger charge is 2.16. The Morgan fingerprint density at radius 3 is 2.85 bits per heavy atom. The fourth-order valence-electron chi connectivity index (χ4n) is 3.61. The van der Waals surface area contributed by atoms with Crippen LogP contribution in [0.15, 0.2) is 28.7 Å². The number of halogens is 1. The molecule has 1 aliphatic heterocycles. The smallest absolute Gasteiger partial charge is 0.178 e. The fourth-order valence-corrected chi connectivity index (χ4v) is 3.97. The molecule has 1 saturated heterocycles. The van der Waals surface area contributed by atoms with Crippen LogP contribution in [-0.2, 0) is 0 Å². The maximum Gasteiger partial charge on any atom is 0.178 e. The van der Waals surface area contributed by atoms with Gasteiger partial charge in [-0.3, -0.25) is 4.79 Å². The molecule has 2 N–H and O–H groups in total. The second kappa shape index (κ2) is 7.78. The van der Waals surface area contributed by atoms with E-state index in [-0.39, 0.29) is 0 Å². The lowest BCUT2D eigenvalue weighted by Crippen LogP contribution is -2.26. The summed E-state index contributed by atoms with van der Waals surface area (Å²) in [5, 5.41) is 4.27. The van der Waals surface area contributed by atoms with Gasteiger partial charge in [0.05, 0.1) is 11.3 Å². The second-order valence-corrected chi connectivity index (χ2v) is 7.83. The Bertz CT molecular complexity index is 978. The summed E-state index contributed by atoms with van der Waals surface area (Å²) < 4.78 is 0.953. The number of nitrogens with zero attached hydrogens (tertiary/aromatic N) is 3. The molecule has 27 heavy (non-hydrogen) atoms. The van der Waals surface area contributed by atoms with Crippen molar-refractivity contribution < 1.29 is 4.79 Å². The highest BCUT2D eigenvalue weighted by molar-refractivity contribution is 9.10. The van der Waals surface area contributed by atoms with Crippen LogP contribution in [0.4, 0.5) is 5.82 Å². The van der Waals surface area contributed by atoms with Crippen LogP contribution in [0.3, 0.4) is 0 Å². The van der Waals surface area contributed by atoms with Gasteiger partial charge in [-0.15, -0.1) is 0 Å². The lowest BCUT2D eigenvalue weighted by Gasteiger charge is -2.15. The first kappa shape index (κ1) is 18.1. The van der Waals surface area contributed by atoms with Gasteiger partial charge in [0.25, 0.3) is 0 Å². The highest BCUT2D eigenvalue weighted by atomic mass is 79.9. The van der Waals surface area contributed by atoms with Gasteiger partial charge in [-0.05, 0) is 45.0 Å². The van der Waals surface area contributed by atoms with E-state index < -0.39 is 0 Å². The summed E-state index contributed by atoms with van der Waals surface area (Å²) >= 11 is 3.47. The number of nitrogens with one attached hydrogen (secondary N) is 2. The van der Waals surface area contributed by atoms with E-state index in [1.807, 2.05) is 31.2 Å². The molecule has 0 saturated carbocycles. The molecule has 3 aromatic rings. The van der Waals surface area contributed by atoms with Crippen molar-refractivity contribution in [2.75, 3.05) is 31.5 Å². The number of anilines is 1. The van der Waals surface area contributed by atoms with Crippen LogP contribution < -0.4 is 5.32 Å². The average molecular weight is 428 g/mol. The van der Waals surface area contributed by atoms with Crippen LogP contribution in [0, 0.1) is 6.92 Å². The number of benzene rings is 1. The minimum atomic E-state index is 0.535. The lowest BCUT2D eigenvalue weighted by molar-refractivity contribution is 0.112. The molecule has 0 amide bonds. The minimum absolute atomic E-state index is 0.535. The molecule has 1 fully saturated rings. The van der Waals surface area contributed by atoms with Crippen molar-refractivity contribution in [3.8, 4) is 11.5 Å². The number of rotatable bonds is 6. The lowest BCUT2D eigenvalue weighted by atomic mass is 10.1. The SMILES string of the molecule is Cc1cc(NCCN2CCCC2)nc(-c2[nH]c3cc(Br)ccc3c2C=O)n1. The Hall–Kier alpha value is -2.25. The maximum atomic E-state index is 11.7. The molecular formula is C20H22BrN5O. The minimum Gasteiger partial charge on any atom is -0.369 e. The zero-order chi connectivity index (χ0) is 18.8. The summed E-state index contributed by atoms with van der Waals surface area (Å²) in [5.74, 6) is 1.32. The zero-order valence-electron chi connectivity index (χ0n) is 15.3. The van der Waals surface area contributed by atoms with E-state index in [9.17, 15) is 4.79 Å². The molecule has 1 aliphatic rings. The van der Waals surface area contributed by atoms with Crippen molar-refractivity contribution in [1.29, 1.82) is 0 Å². The van der Waals surface area contributed by atoms with Gasteiger partial charge in [-0.25, -0.2) is 9.97 Å². The van der Waals surface area contributed by atoms with E-state index >= 15 is 0 Å². The molecular weight excluding hydrogens is 406 g/mol. The normalized spacial score (nSPS) is 14.7.